The van der Waals surface area contributed by atoms with E-state index in [1.54, 1.807) is 0 Å². The molecule has 2 saturated heterocycles. The number of H-pyrrole nitrogens is 1. The van der Waals surface area contributed by atoms with Crippen molar-refractivity contribution in [1.29, 1.82) is 0 Å². The van der Waals surface area contributed by atoms with Crippen LogP contribution in [0.3, 0.4) is 0 Å². The number of hydrogen-bond acceptors (Lipinski definition) is 6. The molecule has 1 unspecified atom stereocenters. The van der Waals surface area contributed by atoms with Crippen molar-refractivity contribution in [2.75, 3.05) is 36.5 Å². The van der Waals surface area contributed by atoms with Crippen LogP contribution in [0.25, 0.3) is 22.4 Å². The SMILES string of the molecule is O=C(Nc1ccc(CN2CCS(=O)(=O)CC2)cc1)c1cccc(-c2ccc(-c3cnc([Si]C4CCCN4)[nH]3)cc2)c1. The maximum Gasteiger partial charge on any atom is 0.255 e. The lowest BCUT2D eigenvalue weighted by Crippen LogP contribution is -2.39. The van der Waals surface area contributed by atoms with E-state index < -0.39 is 9.84 Å². The van der Waals surface area contributed by atoms with Gasteiger partial charge in [-0.25, -0.2) is 13.4 Å². The van der Waals surface area contributed by atoms with Crippen molar-refractivity contribution in [2.45, 2.75) is 25.1 Å². The Morgan fingerprint density at radius 3 is 2.46 bits per heavy atom. The number of aromatic nitrogens is 2. The molecule has 41 heavy (non-hydrogen) atoms. The number of imidazole rings is 1. The summed E-state index contributed by atoms with van der Waals surface area (Å²) in [4.78, 5) is 23.2. The van der Waals surface area contributed by atoms with E-state index in [0.717, 1.165) is 45.6 Å². The fraction of sp³-hybridized carbons (Fsp3) is 0.290. The van der Waals surface area contributed by atoms with Crippen LogP contribution in [0.2, 0.25) is 0 Å². The second kappa shape index (κ2) is 12.1. The predicted octanol–water partition coefficient (Wildman–Crippen LogP) is 3.27. The summed E-state index contributed by atoms with van der Waals surface area (Å²) in [6.45, 7) is 2.91. The zero-order valence-corrected chi connectivity index (χ0v) is 24.6. The van der Waals surface area contributed by atoms with Gasteiger partial charge in [-0.1, -0.05) is 48.5 Å². The summed E-state index contributed by atoms with van der Waals surface area (Å²) in [6.07, 6.45) is 4.35. The zero-order chi connectivity index (χ0) is 28.2. The number of carbonyl (C=O) groups is 1. The van der Waals surface area contributed by atoms with Gasteiger partial charge in [0.1, 0.15) is 0 Å². The third-order valence-electron chi connectivity index (χ3n) is 7.66. The van der Waals surface area contributed by atoms with Crippen LogP contribution in [-0.4, -0.2) is 75.5 Å². The summed E-state index contributed by atoms with van der Waals surface area (Å²) < 4.78 is 23.3. The van der Waals surface area contributed by atoms with Crippen molar-refractivity contribution >= 4 is 36.4 Å². The number of nitrogens with one attached hydrogen (secondary N) is 3. The van der Waals surface area contributed by atoms with Crippen LogP contribution in [0.4, 0.5) is 5.69 Å². The lowest BCUT2D eigenvalue weighted by atomic mass is 10.0. The number of sulfone groups is 1. The number of amides is 1. The molecule has 1 atom stereocenters. The minimum Gasteiger partial charge on any atom is -0.347 e. The lowest BCUT2D eigenvalue weighted by Gasteiger charge is -2.26. The summed E-state index contributed by atoms with van der Waals surface area (Å²) in [5, 5.41) is 6.52. The average Bonchev–Trinajstić information content (AvgIpc) is 3.68. The molecule has 1 amide bonds. The number of aromatic amines is 1. The first-order valence-corrected chi connectivity index (χ1v) is 16.9. The average molecular weight is 584 g/mol. The molecule has 4 aromatic rings. The molecule has 3 heterocycles. The second-order valence-electron chi connectivity index (χ2n) is 10.7. The van der Waals surface area contributed by atoms with Crippen LogP contribution >= 0.6 is 0 Å². The van der Waals surface area contributed by atoms with Crippen LogP contribution in [0, 0.1) is 0 Å². The molecule has 0 saturated carbocycles. The predicted molar refractivity (Wildman–Crippen MR) is 164 cm³/mol. The highest BCUT2D eigenvalue weighted by atomic mass is 32.2. The van der Waals surface area contributed by atoms with E-state index in [2.05, 4.69) is 49.8 Å². The van der Waals surface area contributed by atoms with Gasteiger partial charge in [0.05, 0.1) is 28.8 Å². The fourth-order valence-electron chi connectivity index (χ4n) is 5.26. The van der Waals surface area contributed by atoms with Crippen LogP contribution in [0.1, 0.15) is 28.8 Å². The Balaban J connectivity index is 1.06. The third-order valence-corrected chi connectivity index (χ3v) is 10.6. The van der Waals surface area contributed by atoms with Gasteiger partial charge in [0, 0.05) is 36.6 Å². The first-order chi connectivity index (χ1) is 19.9. The largest absolute Gasteiger partial charge is 0.347 e. The molecule has 3 aromatic carbocycles. The maximum absolute atomic E-state index is 13.0. The molecule has 210 valence electrons. The van der Waals surface area contributed by atoms with E-state index in [-0.39, 0.29) is 17.4 Å². The smallest absolute Gasteiger partial charge is 0.255 e. The van der Waals surface area contributed by atoms with Crippen molar-refractivity contribution in [3.63, 3.8) is 0 Å². The highest BCUT2D eigenvalue weighted by Gasteiger charge is 2.21. The molecule has 2 aliphatic rings. The van der Waals surface area contributed by atoms with Gasteiger partial charge in [0.2, 0.25) is 0 Å². The standard InChI is InChI=1S/C31H33N5O3SSi/c37-30(34-27-12-6-22(7-13-27)21-36-15-17-40(38,39)18-16-36)26-4-1-3-25(19-26)23-8-10-24(11-9-23)28-20-33-31(35-28)41-29-5-2-14-32-29/h1,3-4,6-13,19-20,29,32H,2,5,14-18,21H2,(H,33,35)(H,34,37). The Kier molecular flexibility index (Phi) is 8.15. The molecule has 10 heteroatoms. The normalized spacial score (nSPS) is 18.8. The number of benzene rings is 3. The molecule has 2 fully saturated rings. The summed E-state index contributed by atoms with van der Waals surface area (Å²) in [5.74, 6) is 0.266. The minimum absolute atomic E-state index is 0.167. The summed E-state index contributed by atoms with van der Waals surface area (Å²) in [6, 6.07) is 23.7. The van der Waals surface area contributed by atoms with Gasteiger partial charge in [-0.05, 0) is 65.9 Å². The highest BCUT2D eigenvalue weighted by Crippen LogP contribution is 2.25. The Hall–Kier alpha value is -3.57. The quantitative estimate of drug-likeness (QED) is 0.275. The van der Waals surface area contributed by atoms with Crippen molar-refractivity contribution in [2.24, 2.45) is 0 Å². The number of hydrogen-bond donors (Lipinski definition) is 3. The van der Waals surface area contributed by atoms with Crippen molar-refractivity contribution in [1.82, 2.24) is 20.2 Å². The van der Waals surface area contributed by atoms with Crippen molar-refractivity contribution in [3.8, 4) is 22.4 Å². The number of nitrogens with zero attached hydrogens (tertiary/aromatic N) is 2. The van der Waals surface area contributed by atoms with Gasteiger partial charge in [-0.15, -0.1) is 0 Å². The summed E-state index contributed by atoms with van der Waals surface area (Å²) >= 11 is 0. The summed E-state index contributed by atoms with van der Waals surface area (Å²) in [7, 11) is -2.24. The zero-order valence-electron chi connectivity index (χ0n) is 22.8. The molecule has 6 rings (SSSR count). The molecular weight excluding hydrogens is 551 g/mol. The minimum atomic E-state index is -2.89. The first-order valence-electron chi connectivity index (χ1n) is 14.0. The fourth-order valence-corrected chi connectivity index (χ4v) is 7.81. The van der Waals surface area contributed by atoms with E-state index in [9.17, 15) is 13.2 Å². The molecule has 2 aliphatic heterocycles. The van der Waals surface area contributed by atoms with Gasteiger partial charge >= 0.3 is 0 Å². The maximum atomic E-state index is 13.0. The number of anilines is 1. The van der Waals surface area contributed by atoms with E-state index in [1.165, 1.54) is 12.8 Å². The first kappa shape index (κ1) is 27.6. The van der Waals surface area contributed by atoms with E-state index >= 15 is 0 Å². The third kappa shape index (κ3) is 7.02. The van der Waals surface area contributed by atoms with E-state index in [0.29, 0.717) is 40.4 Å². The van der Waals surface area contributed by atoms with Crippen molar-refractivity contribution in [3.05, 3.63) is 90.1 Å². The number of rotatable bonds is 8. The molecule has 8 nitrogen and oxygen atoms in total. The Morgan fingerprint density at radius 1 is 0.976 bits per heavy atom. The molecule has 0 bridgehead atoms. The second-order valence-corrected chi connectivity index (χ2v) is 14.4. The van der Waals surface area contributed by atoms with Gasteiger partial charge in [0.25, 0.3) is 5.91 Å². The van der Waals surface area contributed by atoms with Crippen LogP contribution in [0.15, 0.2) is 79.0 Å². The summed E-state index contributed by atoms with van der Waals surface area (Å²) in [5.41, 5.74) is 8.08. The van der Waals surface area contributed by atoms with Crippen LogP contribution < -0.4 is 16.1 Å². The monoisotopic (exact) mass is 583 g/mol. The van der Waals surface area contributed by atoms with Gasteiger partial charge < -0.3 is 15.6 Å². The Bertz CT molecular complexity index is 1600. The number of carbonyl (C=O) groups excluding carboxylic acids is 1. The van der Waals surface area contributed by atoms with E-state index in [1.807, 2.05) is 54.7 Å². The molecule has 2 radical (unpaired) electrons. The molecule has 1 aromatic heterocycles. The van der Waals surface area contributed by atoms with Crippen LogP contribution in [-0.2, 0) is 16.4 Å². The highest BCUT2D eigenvalue weighted by molar-refractivity contribution is 7.91. The molecule has 0 spiro atoms. The Labute approximate surface area is 243 Å². The van der Waals surface area contributed by atoms with Gasteiger partial charge in [-0.3, -0.25) is 9.69 Å². The molecule has 0 aliphatic carbocycles. The van der Waals surface area contributed by atoms with Gasteiger partial charge in [0.15, 0.2) is 19.4 Å². The van der Waals surface area contributed by atoms with Crippen molar-refractivity contribution < 1.29 is 13.2 Å². The van der Waals surface area contributed by atoms with E-state index in [4.69, 9.17) is 0 Å². The topological polar surface area (TPSA) is 107 Å². The lowest BCUT2D eigenvalue weighted by molar-refractivity contribution is 0.102. The van der Waals surface area contributed by atoms with Crippen LogP contribution in [0.5, 0.6) is 0 Å². The Morgan fingerprint density at radius 2 is 1.73 bits per heavy atom. The van der Waals surface area contributed by atoms with Gasteiger partial charge in [-0.2, -0.15) is 0 Å². The molecule has 3 N–H and O–H groups in total. The molecular formula is C31H33N5O3SSi.